The normalized spacial score (nSPS) is 12.3. The van der Waals surface area contributed by atoms with Crippen molar-refractivity contribution in [3.8, 4) is 5.75 Å². The van der Waals surface area contributed by atoms with Crippen LogP contribution in [0.15, 0.2) is 24.3 Å². The fourth-order valence-electron chi connectivity index (χ4n) is 3.01. The Hall–Kier alpha value is -2.45. The van der Waals surface area contributed by atoms with Gasteiger partial charge in [0.05, 0.1) is 12.2 Å². The van der Waals surface area contributed by atoms with Crippen LogP contribution in [0.2, 0.25) is 0 Å². The maximum atomic E-state index is 12.4. The maximum Gasteiger partial charge on any atom is 0.257 e. The average Bonchev–Trinajstić information content (AvgIpc) is 3.20. The van der Waals surface area contributed by atoms with Crippen molar-refractivity contribution in [1.82, 2.24) is 5.32 Å². The lowest BCUT2D eigenvalue weighted by molar-refractivity contribution is 0.0975. The van der Waals surface area contributed by atoms with Gasteiger partial charge in [-0.2, -0.15) is 0 Å². The second-order valence-corrected chi connectivity index (χ2v) is 7.72. The second kappa shape index (κ2) is 8.49. The summed E-state index contributed by atoms with van der Waals surface area (Å²) in [7, 11) is 0. The highest BCUT2D eigenvalue weighted by atomic mass is 32.1. The maximum absolute atomic E-state index is 12.4. The molecular formula is C19H21N3O3S2. The number of benzene rings is 1. The number of nitrogens with two attached hydrogens (primary N) is 1. The number of hydrogen-bond acceptors (Lipinski definition) is 5. The Labute approximate surface area is 167 Å². The molecule has 2 amide bonds. The predicted molar refractivity (Wildman–Crippen MR) is 111 cm³/mol. The number of thiophene rings is 1. The van der Waals surface area contributed by atoms with Crippen LogP contribution in [0, 0.1) is 0 Å². The summed E-state index contributed by atoms with van der Waals surface area (Å²) in [6.45, 7) is 2.60. The van der Waals surface area contributed by atoms with E-state index in [0.29, 0.717) is 28.5 Å². The number of nitrogens with one attached hydrogen (secondary N) is 2. The summed E-state index contributed by atoms with van der Waals surface area (Å²) >= 11 is 6.72. The highest BCUT2D eigenvalue weighted by Gasteiger charge is 2.25. The van der Waals surface area contributed by atoms with Crippen LogP contribution in [0.25, 0.3) is 0 Å². The number of aryl methyl sites for hydroxylation is 1. The minimum absolute atomic E-state index is 0.127. The molecule has 0 spiro atoms. The third-order valence-electron chi connectivity index (χ3n) is 4.19. The molecule has 2 aromatic rings. The zero-order valence-electron chi connectivity index (χ0n) is 15.0. The third kappa shape index (κ3) is 4.45. The zero-order chi connectivity index (χ0) is 19.4. The van der Waals surface area contributed by atoms with Crippen LogP contribution in [0.1, 0.15) is 50.9 Å². The van der Waals surface area contributed by atoms with E-state index in [9.17, 15) is 9.59 Å². The predicted octanol–water partition coefficient (Wildman–Crippen LogP) is 3.25. The van der Waals surface area contributed by atoms with Gasteiger partial charge in [0.2, 0.25) is 0 Å². The van der Waals surface area contributed by atoms with E-state index in [-0.39, 0.29) is 11.0 Å². The lowest BCUT2D eigenvalue weighted by Gasteiger charge is -2.11. The summed E-state index contributed by atoms with van der Waals surface area (Å²) in [6, 6.07) is 6.91. The molecule has 0 saturated carbocycles. The molecular weight excluding hydrogens is 382 g/mol. The molecule has 1 heterocycles. The molecule has 4 N–H and O–H groups in total. The second-order valence-electron chi connectivity index (χ2n) is 6.21. The smallest absolute Gasteiger partial charge is 0.257 e. The van der Waals surface area contributed by atoms with Crippen LogP contribution in [0.5, 0.6) is 5.75 Å². The number of thiocarbonyl (C=S) groups is 1. The molecule has 0 aliphatic heterocycles. The van der Waals surface area contributed by atoms with Gasteiger partial charge in [-0.1, -0.05) is 13.0 Å². The lowest BCUT2D eigenvalue weighted by atomic mass is 10.1. The summed E-state index contributed by atoms with van der Waals surface area (Å²) in [5.41, 5.74) is 7.47. The molecule has 27 heavy (non-hydrogen) atoms. The monoisotopic (exact) mass is 403 g/mol. The van der Waals surface area contributed by atoms with E-state index in [1.807, 2.05) is 6.92 Å². The number of carbonyl (C=O) groups excluding carboxylic acids is 2. The van der Waals surface area contributed by atoms with Gasteiger partial charge in [0, 0.05) is 10.4 Å². The Bertz CT molecular complexity index is 892. The molecule has 0 unspecified atom stereocenters. The first-order valence-electron chi connectivity index (χ1n) is 8.79. The Morgan fingerprint density at radius 2 is 2.15 bits per heavy atom. The minimum Gasteiger partial charge on any atom is -0.494 e. The van der Waals surface area contributed by atoms with Gasteiger partial charge in [-0.25, -0.2) is 0 Å². The van der Waals surface area contributed by atoms with E-state index in [1.165, 1.54) is 11.3 Å². The molecule has 0 bridgehead atoms. The minimum atomic E-state index is -0.480. The Morgan fingerprint density at radius 1 is 1.33 bits per heavy atom. The van der Waals surface area contributed by atoms with E-state index < -0.39 is 5.91 Å². The van der Waals surface area contributed by atoms with Crippen molar-refractivity contribution < 1.29 is 14.3 Å². The number of primary amides is 1. The standard InChI is InChI=1S/C19H21N3O3S2/c1-2-9-25-12-6-3-5-11(10-12)17(24)21-19(26)22-18-15(16(20)23)13-7-4-8-14(13)27-18/h3,5-6,10H,2,4,7-9H2,1H3,(H2,20,23)(H2,21,22,24,26). The first kappa shape index (κ1) is 19.3. The van der Waals surface area contributed by atoms with Crippen LogP contribution in [0.3, 0.4) is 0 Å². The Morgan fingerprint density at radius 3 is 2.89 bits per heavy atom. The summed E-state index contributed by atoms with van der Waals surface area (Å²) in [5.74, 6) is -0.194. The van der Waals surface area contributed by atoms with Gasteiger partial charge in [-0.15, -0.1) is 11.3 Å². The first-order valence-corrected chi connectivity index (χ1v) is 10.0. The van der Waals surface area contributed by atoms with Crippen molar-refractivity contribution in [2.45, 2.75) is 32.6 Å². The van der Waals surface area contributed by atoms with E-state index in [1.54, 1.807) is 24.3 Å². The van der Waals surface area contributed by atoms with Gasteiger partial charge in [-0.05, 0) is 61.7 Å². The van der Waals surface area contributed by atoms with E-state index in [4.69, 9.17) is 22.7 Å². The molecule has 142 valence electrons. The number of carbonyl (C=O) groups is 2. The Balaban J connectivity index is 1.68. The highest BCUT2D eigenvalue weighted by molar-refractivity contribution is 7.80. The molecule has 1 aromatic heterocycles. The van der Waals surface area contributed by atoms with Crippen LogP contribution in [-0.2, 0) is 12.8 Å². The first-order chi connectivity index (χ1) is 13.0. The largest absolute Gasteiger partial charge is 0.494 e. The van der Waals surface area contributed by atoms with Crippen molar-refractivity contribution in [3.63, 3.8) is 0 Å². The number of rotatable bonds is 6. The molecule has 1 aliphatic carbocycles. The quantitative estimate of drug-likeness (QED) is 0.644. The molecule has 0 fully saturated rings. The molecule has 0 radical (unpaired) electrons. The fraction of sp³-hybridized carbons (Fsp3) is 0.316. The molecule has 1 aromatic carbocycles. The average molecular weight is 404 g/mol. The van der Waals surface area contributed by atoms with E-state index in [2.05, 4.69) is 10.6 Å². The Kier molecular flexibility index (Phi) is 6.08. The molecule has 0 saturated heterocycles. The van der Waals surface area contributed by atoms with Crippen molar-refractivity contribution in [2.75, 3.05) is 11.9 Å². The van der Waals surface area contributed by atoms with Crippen LogP contribution in [0.4, 0.5) is 5.00 Å². The fourth-order valence-corrected chi connectivity index (χ4v) is 4.57. The van der Waals surface area contributed by atoms with Gasteiger partial charge in [-0.3, -0.25) is 14.9 Å². The van der Waals surface area contributed by atoms with Crippen molar-refractivity contribution in [1.29, 1.82) is 0 Å². The number of anilines is 1. The SMILES string of the molecule is CCCOc1cccc(C(=O)NC(=S)Nc2sc3c(c2C(N)=O)CCC3)c1. The lowest BCUT2D eigenvalue weighted by Crippen LogP contribution is -2.34. The summed E-state index contributed by atoms with van der Waals surface area (Å²) in [5, 5.41) is 6.32. The van der Waals surface area contributed by atoms with E-state index >= 15 is 0 Å². The van der Waals surface area contributed by atoms with Crippen molar-refractivity contribution in [3.05, 3.63) is 45.8 Å². The van der Waals surface area contributed by atoms with Crippen molar-refractivity contribution >= 4 is 45.5 Å². The van der Waals surface area contributed by atoms with Crippen LogP contribution < -0.4 is 21.1 Å². The number of ether oxygens (including phenoxy) is 1. The summed E-state index contributed by atoms with van der Waals surface area (Å²) in [6.07, 6.45) is 3.69. The van der Waals surface area contributed by atoms with E-state index in [0.717, 1.165) is 36.1 Å². The molecule has 3 rings (SSSR count). The zero-order valence-corrected chi connectivity index (χ0v) is 16.6. The van der Waals surface area contributed by atoms with Gasteiger partial charge < -0.3 is 15.8 Å². The van der Waals surface area contributed by atoms with Crippen molar-refractivity contribution in [2.24, 2.45) is 5.73 Å². The van der Waals surface area contributed by atoms with Gasteiger partial charge in [0.15, 0.2) is 5.11 Å². The molecule has 1 aliphatic rings. The molecule has 0 atom stereocenters. The summed E-state index contributed by atoms with van der Waals surface area (Å²) in [4.78, 5) is 25.4. The van der Waals surface area contributed by atoms with Gasteiger partial charge in [0.1, 0.15) is 10.8 Å². The molecule has 8 heteroatoms. The van der Waals surface area contributed by atoms with Crippen LogP contribution in [-0.4, -0.2) is 23.5 Å². The topological polar surface area (TPSA) is 93.4 Å². The highest BCUT2D eigenvalue weighted by Crippen LogP contribution is 2.38. The third-order valence-corrected chi connectivity index (χ3v) is 5.60. The van der Waals surface area contributed by atoms with Crippen LogP contribution >= 0.6 is 23.6 Å². The number of hydrogen-bond donors (Lipinski definition) is 3. The van der Waals surface area contributed by atoms with Gasteiger partial charge >= 0.3 is 0 Å². The molecule has 6 nitrogen and oxygen atoms in total. The number of amides is 2. The number of fused-ring (bicyclic) bond motifs is 1. The van der Waals surface area contributed by atoms with Gasteiger partial charge in [0.25, 0.3) is 11.8 Å². The summed E-state index contributed by atoms with van der Waals surface area (Å²) < 4.78 is 5.55.